The number of nitrogens with zero attached hydrogens (tertiary/aromatic N) is 3. The van der Waals surface area contributed by atoms with E-state index in [1.807, 2.05) is 45.2 Å². The Hall–Kier alpha value is -2.58. The second-order valence-corrected chi connectivity index (χ2v) is 9.22. The van der Waals surface area contributed by atoms with Crippen molar-refractivity contribution < 1.29 is 9.18 Å². The van der Waals surface area contributed by atoms with Gasteiger partial charge in [0.15, 0.2) is 0 Å². The highest BCUT2D eigenvalue weighted by Crippen LogP contribution is 2.29. The van der Waals surface area contributed by atoms with Crippen LogP contribution in [-0.2, 0) is 0 Å². The lowest BCUT2D eigenvalue weighted by molar-refractivity contribution is 0.119. The maximum absolute atomic E-state index is 14.5. The molecule has 0 radical (unpaired) electrons. The molecule has 1 saturated heterocycles. The lowest BCUT2D eigenvalue weighted by atomic mass is 10.0. The average Bonchev–Trinajstić information content (AvgIpc) is 3.15. The second kappa shape index (κ2) is 8.65. The number of halogens is 1. The quantitative estimate of drug-likeness (QED) is 0.638. The zero-order valence-corrected chi connectivity index (χ0v) is 18.2. The normalized spacial score (nSPS) is 19.4. The molecule has 0 unspecified atom stereocenters. The van der Waals surface area contributed by atoms with Gasteiger partial charge in [-0.05, 0) is 36.4 Å². The van der Waals surface area contributed by atoms with Crippen molar-refractivity contribution in [3.05, 3.63) is 41.7 Å². The summed E-state index contributed by atoms with van der Waals surface area (Å²) in [5.74, 6) is 0.461. The van der Waals surface area contributed by atoms with Crippen molar-refractivity contribution in [2.75, 3.05) is 18.4 Å². The number of carbonyl (C=O) groups is 1. The number of fused-ring (bicyclic) bond motifs is 1. The van der Waals surface area contributed by atoms with Crippen LogP contribution in [0.5, 0.6) is 0 Å². The van der Waals surface area contributed by atoms with Crippen molar-refractivity contribution in [1.82, 2.24) is 20.2 Å². The number of likely N-dealkylation sites (tertiary alicyclic amines) is 1. The Morgan fingerprint density at radius 3 is 2.77 bits per heavy atom. The zero-order valence-electron chi connectivity index (χ0n) is 17.4. The molecule has 0 aliphatic carbocycles. The van der Waals surface area contributed by atoms with E-state index in [-0.39, 0.29) is 24.7 Å². The van der Waals surface area contributed by atoms with E-state index >= 15 is 0 Å². The Balaban J connectivity index is 1.46. The van der Waals surface area contributed by atoms with Crippen molar-refractivity contribution in [1.29, 1.82) is 0 Å². The molecule has 2 aromatic heterocycles. The van der Waals surface area contributed by atoms with E-state index in [2.05, 4.69) is 26.7 Å². The molecule has 158 valence electrons. The number of alkyl halides is 1. The first-order valence-electron chi connectivity index (χ1n) is 10.2. The predicted octanol–water partition coefficient (Wildman–Crippen LogP) is 4.61. The Bertz CT molecular complexity index is 1050. The molecule has 2 N–H and O–H groups in total. The first-order chi connectivity index (χ1) is 14.4. The van der Waals surface area contributed by atoms with Crippen molar-refractivity contribution >= 4 is 34.0 Å². The van der Waals surface area contributed by atoms with Crippen LogP contribution in [0.1, 0.15) is 25.3 Å². The summed E-state index contributed by atoms with van der Waals surface area (Å²) >= 11 is 1.64. The number of aryl methyl sites for hydroxylation is 1. The van der Waals surface area contributed by atoms with Gasteiger partial charge in [-0.15, -0.1) is 11.3 Å². The SMILES string of the molecule is Cc1ncc(-c2ccc3cnc(NC(=O)N4CC[C@H](NC(C)C)[C@@H](F)C4)cc3c2)s1. The topological polar surface area (TPSA) is 70.2 Å². The number of carbonyl (C=O) groups excluding carboxylic acids is 1. The third-order valence-corrected chi connectivity index (χ3v) is 6.20. The highest BCUT2D eigenvalue weighted by Gasteiger charge is 2.31. The first-order valence-corrected chi connectivity index (χ1v) is 11.0. The number of rotatable bonds is 4. The minimum Gasteiger partial charge on any atom is -0.321 e. The van der Waals surface area contributed by atoms with Gasteiger partial charge < -0.3 is 10.2 Å². The van der Waals surface area contributed by atoms with Crippen LogP contribution >= 0.6 is 11.3 Å². The Labute approximate surface area is 179 Å². The highest BCUT2D eigenvalue weighted by atomic mass is 32.1. The molecule has 1 fully saturated rings. The summed E-state index contributed by atoms with van der Waals surface area (Å²) in [5.41, 5.74) is 1.08. The number of hydrogen-bond donors (Lipinski definition) is 2. The summed E-state index contributed by atoms with van der Waals surface area (Å²) in [4.78, 5) is 23.9. The third kappa shape index (κ3) is 4.60. The maximum Gasteiger partial charge on any atom is 0.323 e. The van der Waals surface area contributed by atoms with Crippen LogP contribution in [0.4, 0.5) is 15.0 Å². The predicted molar refractivity (Wildman–Crippen MR) is 120 cm³/mol. The van der Waals surface area contributed by atoms with Gasteiger partial charge in [0.25, 0.3) is 0 Å². The molecule has 1 aliphatic heterocycles. The standard InChI is InChI=1S/C22H26FN5OS/c1-13(2)26-19-6-7-28(12-18(19)23)22(29)27-21-9-17-8-15(4-5-16(17)10-25-21)20-11-24-14(3)30-20/h4-5,8-11,13,18-19,26H,6-7,12H2,1-3H3,(H,25,27,29)/t18-,19-/m0/s1. The van der Waals surface area contributed by atoms with E-state index < -0.39 is 6.17 Å². The lowest BCUT2D eigenvalue weighted by Crippen LogP contribution is -2.54. The van der Waals surface area contributed by atoms with Gasteiger partial charge in [0.05, 0.1) is 16.4 Å². The largest absolute Gasteiger partial charge is 0.323 e. The van der Waals surface area contributed by atoms with Crippen molar-refractivity contribution in [2.45, 2.75) is 45.4 Å². The number of thiazole rings is 1. The molecule has 2 amide bonds. The van der Waals surface area contributed by atoms with Gasteiger partial charge in [0.1, 0.15) is 12.0 Å². The number of amides is 2. The minimum absolute atomic E-state index is 0.0820. The molecule has 30 heavy (non-hydrogen) atoms. The highest BCUT2D eigenvalue weighted by molar-refractivity contribution is 7.15. The smallest absolute Gasteiger partial charge is 0.321 e. The molecule has 3 heterocycles. The van der Waals surface area contributed by atoms with Crippen LogP contribution in [0.15, 0.2) is 36.7 Å². The van der Waals surface area contributed by atoms with Gasteiger partial charge in [0, 0.05) is 36.4 Å². The molecule has 3 aromatic rings. The molecule has 1 aliphatic rings. The third-order valence-electron chi connectivity index (χ3n) is 5.24. The summed E-state index contributed by atoms with van der Waals surface area (Å²) in [6.45, 7) is 6.58. The lowest BCUT2D eigenvalue weighted by Gasteiger charge is -2.35. The van der Waals surface area contributed by atoms with E-state index in [0.29, 0.717) is 18.8 Å². The summed E-state index contributed by atoms with van der Waals surface area (Å²) in [5, 5.41) is 9.04. The first kappa shape index (κ1) is 20.7. The van der Waals surface area contributed by atoms with E-state index in [1.54, 1.807) is 17.5 Å². The molecule has 0 bridgehead atoms. The van der Waals surface area contributed by atoms with Crippen molar-refractivity contribution in [3.63, 3.8) is 0 Å². The van der Waals surface area contributed by atoms with E-state index in [9.17, 15) is 9.18 Å². The summed E-state index contributed by atoms with van der Waals surface area (Å²) < 4.78 is 14.5. The maximum atomic E-state index is 14.5. The molecular formula is C22H26FN5OS. The molecule has 1 aromatic carbocycles. The van der Waals surface area contributed by atoms with Crippen LogP contribution in [0.25, 0.3) is 21.2 Å². The fourth-order valence-electron chi connectivity index (χ4n) is 3.75. The molecule has 0 saturated carbocycles. The molecule has 0 spiro atoms. The second-order valence-electron chi connectivity index (χ2n) is 7.98. The van der Waals surface area contributed by atoms with Crippen molar-refractivity contribution in [3.8, 4) is 10.4 Å². The van der Waals surface area contributed by atoms with E-state index in [4.69, 9.17) is 0 Å². The van der Waals surface area contributed by atoms with Gasteiger partial charge in [-0.2, -0.15) is 0 Å². The fourth-order valence-corrected chi connectivity index (χ4v) is 4.53. The summed E-state index contributed by atoms with van der Waals surface area (Å²) in [7, 11) is 0. The molecule has 6 nitrogen and oxygen atoms in total. The number of nitrogens with one attached hydrogen (secondary N) is 2. The number of aromatic nitrogens is 2. The van der Waals surface area contributed by atoms with E-state index in [1.165, 1.54) is 4.90 Å². The van der Waals surface area contributed by atoms with Crippen LogP contribution in [0.3, 0.4) is 0 Å². The van der Waals surface area contributed by atoms with Gasteiger partial charge >= 0.3 is 6.03 Å². The number of anilines is 1. The Morgan fingerprint density at radius 1 is 1.23 bits per heavy atom. The minimum atomic E-state index is -1.08. The van der Waals surface area contributed by atoms with Gasteiger partial charge in [-0.25, -0.2) is 19.2 Å². The van der Waals surface area contributed by atoms with Crippen LogP contribution in [0.2, 0.25) is 0 Å². The average molecular weight is 428 g/mol. The van der Waals surface area contributed by atoms with Crippen LogP contribution < -0.4 is 10.6 Å². The number of hydrogen-bond acceptors (Lipinski definition) is 5. The van der Waals surface area contributed by atoms with Gasteiger partial charge in [-0.3, -0.25) is 5.32 Å². The number of piperidine rings is 1. The summed E-state index contributed by atoms with van der Waals surface area (Å²) in [6.07, 6.45) is 3.12. The van der Waals surface area contributed by atoms with Crippen LogP contribution in [-0.4, -0.2) is 52.2 Å². The van der Waals surface area contributed by atoms with E-state index in [0.717, 1.165) is 26.2 Å². The molecule has 8 heteroatoms. The zero-order chi connectivity index (χ0) is 21.3. The van der Waals surface area contributed by atoms with Gasteiger partial charge in [0.2, 0.25) is 0 Å². The number of pyridine rings is 1. The number of benzene rings is 1. The van der Waals surface area contributed by atoms with Gasteiger partial charge in [-0.1, -0.05) is 26.0 Å². The Morgan fingerprint density at radius 2 is 2.07 bits per heavy atom. The molecule has 4 rings (SSSR count). The van der Waals surface area contributed by atoms with Crippen LogP contribution in [0, 0.1) is 6.92 Å². The molecule has 2 atom stereocenters. The number of urea groups is 1. The monoisotopic (exact) mass is 427 g/mol. The summed E-state index contributed by atoms with van der Waals surface area (Å²) in [6, 6.07) is 7.67. The molecular weight excluding hydrogens is 401 g/mol. The van der Waals surface area contributed by atoms with Crippen molar-refractivity contribution in [2.24, 2.45) is 0 Å². The Kier molecular flexibility index (Phi) is 5.97. The fraction of sp³-hybridized carbons (Fsp3) is 0.409.